The fourth-order valence-electron chi connectivity index (χ4n) is 4.35. The number of hydrogen-bond donors (Lipinski definition) is 0. The topological polar surface area (TPSA) is 109 Å². The van der Waals surface area contributed by atoms with Gasteiger partial charge in [-0.05, 0) is 40.6 Å². The first-order valence-electron chi connectivity index (χ1n) is 12.1. The smallest absolute Gasteiger partial charge is 0.315 e. The van der Waals surface area contributed by atoms with E-state index < -0.39 is 4.92 Å². The van der Waals surface area contributed by atoms with E-state index in [4.69, 9.17) is 9.47 Å². The molecule has 39 heavy (non-hydrogen) atoms. The summed E-state index contributed by atoms with van der Waals surface area (Å²) in [6.45, 7) is 1.98. The lowest BCUT2D eigenvalue weighted by Crippen LogP contribution is -2.22. The SMILES string of the molecule is CCc1nc2ccc(Br)cc2c(=O)n1N=Cc1cc(OC)c(OCc2cccc3ccccc23)c([N+](=O)[O-])c1. The summed E-state index contributed by atoms with van der Waals surface area (Å²) in [4.78, 5) is 29.2. The number of fused-ring (bicyclic) bond motifs is 2. The minimum Gasteiger partial charge on any atom is -0.493 e. The first kappa shape index (κ1) is 26.1. The first-order valence-corrected chi connectivity index (χ1v) is 12.9. The molecule has 1 aromatic heterocycles. The van der Waals surface area contributed by atoms with E-state index in [0.29, 0.717) is 28.7 Å². The van der Waals surface area contributed by atoms with Crippen LogP contribution in [-0.2, 0) is 13.0 Å². The Bertz CT molecular complexity index is 1810. The van der Waals surface area contributed by atoms with Crippen molar-refractivity contribution in [3.63, 3.8) is 0 Å². The Kier molecular flexibility index (Phi) is 7.38. The average Bonchev–Trinajstić information content (AvgIpc) is 2.95. The standard InChI is InChI=1S/C29H23BrN4O5/c1-3-27-32-24-12-11-21(30)15-23(24)29(35)33(27)31-16-18-13-25(34(36)37)28(26(14-18)38-2)39-17-20-9-6-8-19-7-4-5-10-22(19)20/h4-16H,3,17H2,1-2H3. The normalized spacial score (nSPS) is 11.4. The Balaban J connectivity index is 1.52. The molecule has 0 radical (unpaired) electrons. The van der Waals surface area contributed by atoms with E-state index in [9.17, 15) is 14.9 Å². The maximum absolute atomic E-state index is 13.2. The highest BCUT2D eigenvalue weighted by Crippen LogP contribution is 2.39. The number of aryl methyl sites for hydroxylation is 1. The summed E-state index contributed by atoms with van der Waals surface area (Å²) in [5.41, 5.74) is 1.19. The molecule has 0 N–H and O–H groups in total. The van der Waals surface area contributed by atoms with E-state index in [2.05, 4.69) is 26.0 Å². The highest BCUT2D eigenvalue weighted by molar-refractivity contribution is 9.10. The van der Waals surface area contributed by atoms with Crippen molar-refractivity contribution < 1.29 is 14.4 Å². The van der Waals surface area contributed by atoms with Gasteiger partial charge in [-0.15, -0.1) is 0 Å². The number of nitro benzene ring substituents is 1. The van der Waals surface area contributed by atoms with Crippen LogP contribution in [0.2, 0.25) is 0 Å². The van der Waals surface area contributed by atoms with Crippen molar-refractivity contribution in [2.45, 2.75) is 20.0 Å². The molecule has 0 fully saturated rings. The second kappa shape index (κ2) is 11.0. The molecule has 0 atom stereocenters. The maximum Gasteiger partial charge on any atom is 0.315 e. The van der Waals surface area contributed by atoms with Gasteiger partial charge in [-0.2, -0.15) is 9.78 Å². The maximum atomic E-state index is 13.2. The molecule has 1 heterocycles. The van der Waals surface area contributed by atoms with Gasteiger partial charge in [0.1, 0.15) is 12.4 Å². The van der Waals surface area contributed by atoms with E-state index in [1.165, 1.54) is 24.1 Å². The fraction of sp³-hybridized carbons (Fsp3) is 0.138. The predicted octanol–water partition coefficient (Wildman–Crippen LogP) is 6.25. The molecule has 0 amide bonds. The number of benzene rings is 4. The summed E-state index contributed by atoms with van der Waals surface area (Å²) < 4.78 is 13.4. The molecule has 0 aliphatic heterocycles. The van der Waals surface area contributed by atoms with E-state index in [1.54, 1.807) is 18.2 Å². The van der Waals surface area contributed by atoms with Gasteiger partial charge in [-0.1, -0.05) is 65.3 Å². The Morgan fingerprint density at radius 2 is 1.87 bits per heavy atom. The first-order chi connectivity index (χ1) is 18.9. The Morgan fingerprint density at radius 1 is 1.08 bits per heavy atom. The van der Waals surface area contributed by atoms with Gasteiger partial charge in [0, 0.05) is 22.5 Å². The van der Waals surface area contributed by atoms with Gasteiger partial charge in [0.25, 0.3) is 5.56 Å². The zero-order valence-electron chi connectivity index (χ0n) is 21.1. The van der Waals surface area contributed by atoms with Crippen LogP contribution in [0.3, 0.4) is 0 Å². The molecule has 0 aliphatic carbocycles. The van der Waals surface area contributed by atoms with Crippen molar-refractivity contribution in [1.29, 1.82) is 0 Å². The summed E-state index contributed by atoms with van der Waals surface area (Å²) >= 11 is 3.38. The largest absolute Gasteiger partial charge is 0.493 e. The van der Waals surface area contributed by atoms with Crippen LogP contribution in [0, 0.1) is 10.1 Å². The number of ether oxygens (including phenoxy) is 2. The minimum absolute atomic E-state index is 0.0104. The van der Waals surface area contributed by atoms with Crippen molar-refractivity contribution in [3.05, 3.63) is 115 Å². The summed E-state index contributed by atoms with van der Waals surface area (Å²) in [6.07, 6.45) is 1.83. The zero-order valence-corrected chi connectivity index (χ0v) is 22.7. The summed E-state index contributed by atoms with van der Waals surface area (Å²) in [5.74, 6) is 0.647. The third-order valence-electron chi connectivity index (χ3n) is 6.24. The molecule has 4 aromatic carbocycles. The Morgan fingerprint density at radius 3 is 2.64 bits per heavy atom. The number of methoxy groups -OCH3 is 1. The molecular weight excluding hydrogens is 564 g/mol. The van der Waals surface area contributed by atoms with Crippen LogP contribution >= 0.6 is 15.9 Å². The van der Waals surface area contributed by atoms with Crippen molar-refractivity contribution in [3.8, 4) is 11.5 Å². The number of aromatic nitrogens is 2. The van der Waals surface area contributed by atoms with Crippen molar-refractivity contribution in [1.82, 2.24) is 9.66 Å². The summed E-state index contributed by atoms with van der Waals surface area (Å²) in [5, 5.41) is 18.8. The molecular formula is C29H23BrN4O5. The van der Waals surface area contributed by atoms with Gasteiger partial charge in [0.05, 0.1) is 29.2 Å². The van der Waals surface area contributed by atoms with Crippen LogP contribution in [0.4, 0.5) is 5.69 Å². The third kappa shape index (κ3) is 5.23. The Labute approximate surface area is 231 Å². The average molecular weight is 587 g/mol. The van der Waals surface area contributed by atoms with E-state index >= 15 is 0 Å². The van der Waals surface area contributed by atoms with Gasteiger partial charge >= 0.3 is 5.69 Å². The monoisotopic (exact) mass is 586 g/mol. The molecule has 9 nitrogen and oxygen atoms in total. The van der Waals surface area contributed by atoms with E-state index in [1.807, 2.05) is 55.5 Å². The summed E-state index contributed by atoms with van der Waals surface area (Å²) in [7, 11) is 1.41. The van der Waals surface area contributed by atoms with E-state index in [-0.39, 0.29) is 29.4 Å². The minimum atomic E-state index is -0.531. The molecule has 0 aliphatic rings. The van der Waals surface area contributed by atoms with Gasteiger partial charge in [0.2, 0.25) is 5.75 Å². The third-order valence-corrected chi connectivity index (χ3v) is 6.73. The van der Waals surface area contributed by atoms with Gasteiger partial charge in [-0.25, -0.2) is 4.98 Å². The van der Waals surface area contributed by atoms with Crippen molar-refractivity contribution in [2.24, 2.45) is 5.10 Å². The number of rotatable bonds is 8. The lowest BCUT2D eigenvalue weighted by molar-refractivity contribution is -0.386. The van der Waals surface area contributed by atoms with Crippen LogP contribution in [0.1, 0.15) is 23.9 Å². The summed E-state index contributed by atoms with van der Waals surface area (Å²) in [6, 6.07) is 21.9. The molecule has 5 rings (SSSR count). The second-order valence-electron chi connectivity index (χ2n) is 8.66. The van der Waals surface area contributed by atoms with Crippen molar-refractivity contribution in [2.75, 3.05) is 7.11 Å². The quantitative estimate of drug-likeness (QED) is 0.121. The number of nitrogens with zero attached hydrogens (tertiary/aromatic N) is 4. The molecule has 0 saturated heterocycles. The Hall–Kier alpha value is -4.57. The molecule has 0 saturated carbocycles. The van der Waals surface area contributed by atoms with Crippen LogP contribution in [0.15, 0.2) is 87.2 Å². The number of nitro groups is 1. The highest BCUT2D eigenvalue weighted by atomic mass is 79.9. The van der Waals surface area contributed by atoms with Crippen LogP contribution in [0.5, 0.6) is 11.5 Å². The highest BCUT2D eigenvalue weighted by Gasteiger charge is 2.23. The lowest BCUT2D eigenvalue weighted by Gasteiger charge is -2.13. The molecule has 196 valence electrons. The second-order valence-corrected chi connectivity index (χ2v) is 9.58. The molecule has 0 unspecified atom stereocenters. The molecule has 5 aromatic rings. The zero-order chi connectivity index (χ0) is 27.5. The predicted molar refractivity (Wildman–Crippen MR) is 154 cm³/mol. The molecule has 0 spiro atoms. The lowest BCUT2D eigenvalue weighted by atomic mass is 10.1. The van der Waals surface area contributed by atoms with Crippen LogP contribution in [-0.4, -0.2) is 27.9 Å². The van der Waals surface area contributed by atoms with Gasteiger partial charge < -0.3 is 9.47 Å². The van der Waals surface area contributed by atoms with E-state index in [0.717, 1.165) is 20.8 Å². The number of halogens is 1. The van der Waals surface area contributed by atoms with Crippen LogP contribution < -0.4 is 15.0 Å². The van der Waals surface area contributed by atoms with Gasteiger partial charge in [-0.3, -0.25) is 14.9 Å². The van der Waals surface area contributed by atoms with Crippen LogP contribution in [0.25, 0.3) is 21.7 Å². The van der Waals surface area contributed by atoms with Crippen molar-refractivity contribution >= 4 is 49.5 Å². The number of hydrogen-bond acceptors (Lipinski definition) is 7. The molecule has 10 heteroatoms. The molecule has 0 bridgehead atoms. The van der Waals surface area contributed by atoms with Gasteiger partial charge in [0.15, 0.2) is 5.75 Å². The fourth-order valence-corrected chi connectivity index (χ4v) is 4.71.